The standard InChI is InChI=1S/C23H27N5O2/c1-15-3-4-16(2)20(11-15)26-23(30)14-28(19-7-8-19)10-9-22(29)25-18-6-5-17-13-24-27-21(17)12-18/h3-6,11-13,19H,7-10,14H2,1-2H3,(H,24,27)(H,25,29)(H,26,30). The number of aromatic amines is 1. The van der Waals surface area contributed by atoms with E-state index in [1.807, 2.05) is 50.2 Å². The molecule has 4 rings (SSSR count). The Labute approximate surface area is 175 Å². The smallest absolute Gasteiger partial charge is 0.238 e. The summed E-state index contributed by atoms with van der Waals surface area (Å²) in [4.78, 5) is 27.1. The first-order valence-corrected chi connectivity index (χ1v) is 10.3. The van der Waals surface area contributed by atoms with E-state index in [-0.39, 0.29) is 11.8 Å². The molecule has 0 atom stereocenters. The minimum Gasteiger partial charge on any atom is -0.326 e. The minimum absolute atomic E-state index is 0.0410. The average molecular weight is 406 g/mol. The summed E-state index contributed by atoms with van der Waals surface area (Å²) in [6, 6.07) is 12.1. The Kier molecular flexibility index (Phi) is 5.81. The van der Waals surface area contributed by atoms with Gasteiger partial charge in [0.1, 0.15) is 0 Å². The van der Waals surface area contributed by atoms with Crippen LogP contribution in [0.5, 0.6) is 0 Å². The Hall–Kier alpha value is -3.19. The van der Waals surface area contributed by atoms with E-state index in [4.69, 9.17) is 0 Å². The van der Waals surface area contributed by atoms with Crippen molar-refractivity contribution in [1.29, 1.82) is 0 Å². The zero-order valence-corrected chi connectivity index (χ0v) is 17.4. The highest BCUT2D eigenvalue weighted by atomic mass is 16.2. The monoisotopic (exact) mass is 405 g/mol. The number of benzene rings is 2. The number of aryl methyl sites for hydroxylation is 2. The summed E-state index contributed by atoms with van der Waals surface area (Å²) in [5.41, 5.74) is 4.63. The highest BCUT2D eigenvalue weighted by Gasteiger charge is 2.30. The van der Waals surface area contributed by atoms with Gasteiger partial charge in [-0.25, -0.2) is 0 Å². The van der Waals surface area contributed by atoms with E-state index in [9.17, 15) is 9.59 Å². The Morgan fingerprint density at radius 3 is 2.73 bits per heavy atom. The summed E-state index contributed by atoms with van der Waals surface area (Å²) in [6.45, 7) is 4.85. The molecule has 1 aliphatic rings. The number of fused-ring (bicyclic) bond motifs is 1. The third-order valence-electron chi connectivity index (χ3n) is 5.43. The third kappa shape index (κ3) is 5.04. The topological polar surface area (TPSA) is 90.1 Å². The number of aromatic nitrogens is 2. The number of H-pyrrole nitrogens is 1. The fourth-order valence-corrected chi connectivity index (χ4v) is 3.56. The van der Waals surface area contributed by atoms with Gasteiger partial charge in [0.25, 0.3) is 0 Å². The maximum absolute atomic E-state index is 12.6. The maximum Gasteiger partial charge on any atom is 0.238 e. The number of hydrogen-bond donors (Lipinski definition) is 3. The van der Waals surface area contributed by atoms with Gasteiger partial charge in [0.2, 0.25) is 11.8 Å². The van der Waals surface area contributed by atoms with Crippen LogP contribution in [-0.2, 0) is 9.59 Å². The van der Waals surface area contributed by atoms with Crippen LogP contribution < -0.4 is 10.6 Å². The molecule has 156 valence electrons. The molecule has 0 spiro atoms. The van der Waals surface area contributed by atoms with Crippen molar-refractivity contribution in [3.63, 3.8) is 0 Å². The van der Waals surface area contributed by atoms with Gasteiger partial charge in [0, 0.05) is 35.8 Å². The van der Waals surface area contributed by atoms with Crippen molar-refractivity contribution in [2.24, 2.45) is 0 Å². The molecule has 30 heavy (non-hydrogen) atoms. The van der Waals surface area contributed by atoms with Gasteiger partial charge in [0.05, 0.1) is 18.3 Å². The van der Waals surface area contributed by atoms with Gasteiger partial charge in [-0.3, -0.25) is 19.6 Å². The van der Waals surface area contributed by atoms with E-state index in [0.29, 0.717) is 25.6 Å². The van der Waals surface area contributed by atoms with Crippen LogP contribution in [0.15, 0.2) is 42.6 Å². The van der Waals surface area contributed by atoms with Crippen LogP contribution >= 0.6 is 0 Å². The Morgan fingerprint density at radius 1 is 1.10 bits per heavy atom. The molecule has 2 amide bonds. The highest BCUT2D eigenvalue weighted by molar-refractivity contribution is 5.94. The predicted octanol–water partition coefficient (Wildman–Crippen LogP) is 3.61. The molecule has 1 aromatic heterocycles. The zero-order valence-electron chi connectivity index (χ0n) is 17.4. The molecule has 1 saturated carbocycles. The number of nitrogens with zero attached hydrogens (tertiary/aromatic N) is 2. The summed E-state index contributed by atoms with van der Waals surface area (Å²) in [5, 5.41) is 13.8. The van der Waals surface area contributed by atoms with E-state index in [2.05, 4.69) is 25.7 Å². The van der Waals surface area contributed by atoms with Crippen LogP contribution in [0.25, 0.3) is 10.9 Å². The summed E-state index contributed by atoms with van der Waals surface area (Å²) < 4.78 is 0. The first-order valence-electron chi connectivity index (χ1n) is 10.3. The largest absolute Gasteiger partial charge is 0.326 e. The highest BCUT2D eigenvalue weighted by Crippen LogP contribution is 2.27. The predicted molar refractivity (Wildman–Crippen MR) is 118 cm³/mol. The first-order chi connectivity index (χ1) is 14.5. The van der Waals surface area contributed by atoms with Crippen molar-refractivity contribution < 1.29 is 9.59 Å². The summed E-state index contributed by atoms with van der Waals surface area (Å²) in [6.07, 6.45) is 4.25. The van der Waals surface area contributed by atoms with E-state index in [1.54, 1.807) is 6.20 Å². The lowest BCUT2D eigenvalue weighted by Gasteiger charge is -2.21. The Bertz CT molecular complexity index is 1070. The number of rotatable bonds is 8. The van der Waals surface area contributed by atoms with Crippen molar-refractivity contribution in [2.75, 3.05) is 23.7 Å². The Balaban J connectivity index is 1.30. The molecule has 7 heteroatoms. The molecule has 1 fully saturated rings. The fourth-order valence-electron chi connectivity index (χ4n) is 3.56. The van der Waals surface area contributed by atoms with Gasteiger partial charge in [-0.2, -0.15) is 5.10 Å². The molecular formula is C23H27N5O2. The molecule has 3 aromatic rings. The van der Waals surface area contributed by atoms with Crippen LogP contribution in [0.2, 0.25) is 0 Å². The zero-order chi connectivity index (χ0) is 21.1. The van der Waals surface area contributed by atoms with Gasteiger partial charge in [-0.1, -0.05) is 12.1 Å². The molecule has 3 N–H and O–H groups in total. The van der Waals surface area contributed by atoms with Crippen LogP contribution in [0.1, 0.15) is 30.4 Å². The molecule has 7 nitrogen and oxygen atoms in total. The second-order valence-corrected chi connectivity index (χ2v) is 8.04. The SMILES string of the molecule is Cc1ccc(C)c(NC(=O)CN(CCC(=O)Nc2ccc3cn[nH]c3c2)C2CC2)c1. The molecule has 2 aromatic carbocycles. The van der Waals surface area contributed by atoms with Gasteiger partial charge in [0.15, 0.2) is 0 Å². The molecule has 1 aliphatic carbocycles. The van der Waals surface area contributed by atoms with E-state index in [1.165, 1.54) is 0 Å². The van der Waals surface area contributed by atoms with Gasteiger partial charge in [-0.15, -0.1) is 0 Å². The lowest BCUT2D eigenvalue weighted by molar-refractivity contribution is -0.119. The number of nitrogens with one attached hydrogen (secondary N) is 3. The maximum atomic E-state index is 12.6. The first kappa shape index (κ1) is 20.1. The molecular weight excluding hydrogens is 378 g/mol. The van der Waals surface area contributed by atoms with E-state index in [0.717, 1.165) is 46.2 Å². The average Bonchev–Trinajstić information content (AvgIpc) is 3.45. The lowest BCUT2D eigenvalue weighted by atomic mass is 10.1. The lowest BCUT2D eigenvalue weighted by Crippen LogP contribution is -2.37. The van der Waals surface area contributed by atoms with Crippen molar-refractivity contribution in [1.82, 2.24) is 15.1 Å². The molecule has 0 radical (unpaired) electrons. The van der Waals surface area contributed by atoms with Crippen LogP contribution in [0.3, 0.4) is 0 Å². The van der Waals surface area contributed by atoms with Crippen molar-refractivity contribution in [3.05, 3.63) is 53.7 Å². The molecule has 1 heterocycles. The normalized spacial score (nSPS) is 13.6. The minimum atomic E-state index is -0.0607. The Morgan fingerprint density at radius 2 is 1.93 bits per heavy atom. The van der Waals surface area contributed by atoms with E-state index >= 15 is 0 Å². The molecule has 0 unspecified atom stereocenters. The van der Waals surface area contributed by atoms with Crippen molar-refractivity contribution in [3.8, 4) is 0 Å². The number of hydrogen-bond acceptors (Lipinski definition) is 4. The van der Waals surface area contributed by atoms with Gasteiger partial charge >= 0.3 is 0 Å². The summed E-state index contributed by atoms with van der Waals surface area (Å²) in [5.74, 6) is -0.102. The van der Waals surface area contributed by atoms with Crippen LogP contribution in [0.4, 0.5) is 11.4 Å². The summed E-state index contributed by atoms with van der Waals surface area (Å²) in [7, 11) is 0. The second kappa shape index (κ2) is 8.67. The number of carbonyl (C=O) groups is 2. The van der Waals surface area contributed by atoms with Gasteiger partial charge in [-0.05, 0) is 62.1 Å². The van der Waals surface area contributed by atoms with Gasteiger partial charge < -0.3 is 10.6 Å². The second-order valence-electron chi connectivity index (χ2n) is 8.04. The molecule has 0 aliphatic heterocycles. The summed E-state index contributed by atoms with van der Waals surface area (Å²) >= 11 is 0. The number of carbonyl (C=O) groups excluding carboxylic acids is 2. The van der Waals surface area contributed by atoms with Crippen molar-refractivity contribution >= 4 is 34.1 Å². The fraction of sp³-hybridized carbons (Fsp3) is 0.348. The van der Waals surface area contributed by atoms with Crippen LogP contribution in [-0.4, -0.2) is 46.0 Å². The number of amides is 2. The quantitative estimate of drug-likeness (QED) is 0.534. The molecule has 0 saturated heterocycles. The molecule has 0 bridgehead atoms. The van der Waals surface area contributed by atoms with Crippen LogP contribution in [0, 0.1) is 13.8 Å². The number of anilines is 2. The van der Waals surface area contributed by atoms with E-state index < -0.39 is 0 Å². The third-order valence-corrected chi connectivity index (χ3v) is 5.43. The van der Waals surface area contributed by atoms with Crippen molar-refractivity contribution in [2.45, 2.75) is 39.2 Å².